The second-order valence-corrected chi connectivity index (χ2v) is 6.35. The van der Waals surface area contributed by atoms with Crippen molar-refractivity contribution >= 4 is 11.8 Å². The fraction of sp³-hybridized carbons (Fsp3) is 0.238. The van der Waals surface area contributed by atoms with Crippen molar-refractivity contribution in [3.8, 4) is 5.75 Å². The van der Waals surface area contributed by atoms with Crippen LogP contribution in [0.4, 0.5) is 4.39 Å². The van der Waals surface area contributed by atoms with Crippen molar-refractivity contribution in [2.24, 2.45) is 0 Å². The third-order valence-electron chi connectivity index (χ3n) is 4.40. The van der Waals surface area contributed by atoms with E-state index in [1.54, 1.807) is 29.2 Å². The van der Waals surface area contributed by atoms with E-state index >= 15 is 0 Å². The van der Waals surface area contributed by atoms with Crippen LogP contribution in [0.1, 0.15) is 22.3 Å². The van der Waals surface area contributed by atoms with Crippen molar-refractivity contribution in [1.29, 1.82) is 0 Å². The number of nitrogens with zero attached hydrogens (tertiary/aromatic N) is 1. The van der Waals surface area contributed by atoms with Crippen LogP contribution in [0, 0.1) is 5.82 Å². The molecule has 1 aliphatic heterocycles. The SMILES string of the molecule is C=CC(=O)NCc1ccc(C(=O)N2CC[C@H](Oc3ccc(F)cc3)C2)cc1. The predicted octanol–water partition coefficient (Wildman–Crippen LogP) is 2.92. The van der Waals surface area contributed by atoms with Gasteiger partial charge in [0.1, 0.15) is 17.7 Å². The highest BCUT2D eigenvalue weighted by molar-refractivity contribution is 5.94. The monoisotopic (exact) mass is 368 g/mol. The number of halogens is 1. The standard InChI is InChI=1S/C21H21FN2O3/c1-2-20(25)23-13-15-3-5-16(6-4-15)21(26)24-12-11-19(14-24)27-18-9-7-17(22)8-10-18/h2-10,19H,1,11-14H2,(H,23,25)/t19-/m0/s1. The van der Waals surface area contributed by atoms with Gasteiger partial charge in [0.05, 0.1) is 6.54 Å². The molecular formula is C21H21FN2O3. The molecule has 2 aromatic rings. The molecule has 0 radical (unpaired) electrons. The van der Waals surface area contributed by atoms with Crippen molar-refractivity contribution in [3.05, 3.63) is 78.1 Å². The lowest BCUT2D eigenvalue weighted by Gasteiger charge is -2.17. The molecule has 27 heavy (non-hydrogen) atoms. The molecule has 0 saturated carbocycles. The second kappa shape index (κ2) is 8.49. The molecule has 1 fully saturated rings. The van der Waals surface area contributed by atoms with Crippen molar-refractivity contribution < 1.29 is 18.7 Å². The third kappa shape index (κ3) is 4.94. The average molecular weight is 368 g/mol. The Morgan fingerprint density at radius 2 is 1.89 bits per heavy atom. The summed E-state index contributed by atoms with van der Waals surface area (Å²) in [5, 5.41) is 2.69. The normalized spacial score (nSPS) is 16.0. The fourth-order valence-corrected chi connectivity index (χ4v) is 2.92. The van der Waals surface area contributed by atoms with Crippen LogP contribution in [0.2, 0.25) is 0 Å². The molecule has 1 saturated heterocycles. The summed E-state index contributed by atoms with van der Waals surface area (Å²) in [5.74, 6) is 0.000930. The van der Waals surface area contributed by atoms with Crippen LogP contribution >= 0.6 is 0 Å². The Bertz CT molecular complexity index is 818. The number of carbonyl (C=O) groups is 2. The van der Waals surface area contributed by atoms with Crippen LogP contribution in [0.15, 0.2) is 61.2 Å². The molecule has 6 heteroatoms. The van der Waals surface area contributed by atoms with Crippen molar-refractivity contribution in [1.82, 2.24) is 10.2 Å². The van der Waals surface area contributed by atoms with Crippen LogP contribution in [0.5, 0.6) is 5.75 Å². The van der Waals surface area contributed by atoms with Gasteiger partial charge < -0.3 is 15.0 Å². The molecule has 1 heterocycles. The Balaban J connectivity index is 1.54. The zero-order valence-electron chi connectivity index (χ0n) is 14.9. The zero-order valence-corrected chi connectivity index (χ0v) is 14.9. The van der Waals surface area contributed by atoms with E-state index in [-0.39, 0.29) is 23.7 Å². The first-order chi connectivity index (χ1) is 13.0. The minimum Gasteiger partial charge on any atom is -0.489 e. The number of rotatable bonds is 6. The highest BCUT2D eigenvalue weighted by atomic mass is 19.1. The summed E-state index contributed by atoms with van der Waals surface area (Å²) >= 11 is 0. The number of hydrogen-bond acceptors (Lipinski definition) is 3. The summed E-state index contributed by atoms with van der Waals surface area (Å²) in [6.07, 6.45) is 1.85. The van der Waals surface area contributed by atoms with Gasteiger partial charge in [-0.15, -0.1) is 0 Å². The van der Waals surface area contributed by atoms with Gasteiger partial charge in [0.15, 0.2) is 0 Å². The minimum absolute atomic E-state index is 0.0538. The Hall–Kier alpha value is -3.15. The van der Waals surface area contributed by atoms with Gasteiger partial charge in [-0.2, -0.15) is 0 Å². The van der Waals surface area contributed by atoms with Gasteiger partial charge in [0.25, 0.3) is 5.91 Å². The molecule has 140 valence electrons. The maximum Gasteiger partial charge on any atom is 0.253 e. The lowest BCUT2D eigenvalue weighted by atomic mass is 10.1. The average Bonchev–Trinajstić information content (AvgIpc) is 3.16. The number of ether oxygens (including phenoxy) is 1. The molecular weight excluding hydrogens is 347 g/mol. The minimum atomic E-state index is -0.307. The first-order valence-electron chi connectivity index (χ1n) is 8.76. The largest absolute Gasteiger partial charge is 0.489 e. The Morgan fingerprint density at radius 1 is 1.19 bits per heavy atom. The van der Waals surface area contributed by atoms with E-state index in [1.807, 2.05) is 12.1 Å². The lowest BCUT2D eigenvalue weighted by Crippen LogP contribution is -2.31. The first-order valence-corrected chi connectivity index (χ1v) is 8.76. The molecule has 5 nitrogen and oxygen atoms in total. The van der Waals surface area contributed by atoms with Crippen LogP contribution in [0.3, 0.4) is 0 Å². The molecule has 0 unspecified atom stereocenters. The summed E-state index contributed by atoms with van der Waals surface area (Å²) in [6, 6.07) is 13.0. The van der Waals surface area contributed by atoms with Crippen LogP contribution in [-0.4, -0.2) is 35.9 Å². The summed E-state index contributed by atoms with van der Waals surface area (Å²) in [7, 11) is 0. The maximum atomic E-state index is 13.0. The first kappa shape index (κ1) is 18.6. The summed E-state index contributed by atoms with van der Waals surface area (Å²) in [5.41, 5.74) is 1.50. The number of hydrogen-bond donors (Lipinski definition) is 1. The number of nitrogens with one attached hydrogen (secondary N) is 1. The van der Waals surface area contributed by atoms with E-state index < -0.39 is 0 Å². The zero-order chi connectivity index (χ0) is 19.2. The van der Waals surface area contributed by atoms with Crippen LogP contribution in [-0.2, 0) is 11.3 Å². The number of benzene rings is 2. The van der Waals surface area contributed by atoms with E-state index in [0.717, 1.165) is 12.0 Å². The summed E-state index contributed by atoms with van der Waals surface area (Å²) < 4.78 is 18.8. The van der Waals surface area contributed by atoms with Gasteiger partial charge in [-0.05, 0) is 48.0 Å². The topological polar surface area (TPSA) is 58.6 Å². The molecule has 1 atom stereocenters. The highest BCUT2D eigenvalue weighted by Crippen LogP contribution is 2.20. The van der Waals surface area contributed by atoms with Crippen LogP contribution in [0.25, 0.3) is 0 Å². The quantitative estimate of drug-likeness (QED) is 0.798. The summed E-state index contributed by atoms with van der Waals surface area (Å²) in [6.45, 7) is 4.89. The fourth-order valence-electron chi connectivity index (χ4n) is 2.92. The van der Waals surface area contributed by atoms with E-state index in [4.69, 9.17) is 4.74 Å². The molecule has 3 rings (SSSR count). The highest BCUT2D eigenvalue weighted by Gasteiger charge is 2.28. The van der Waals surface area contributed by atoms with Gasteiger partial charge in [0.2, 0.25) is 5.91 Å². The van der Waals surface area contributed by atoms with E-state index in [1.165, 1.54) is 18.2 Å². The van der Waals surface area contributed by atoms with Crippen molar-refractivity contribution in [2.75, 3.05) is 13.1 Å². The molecule has 0 aliphatic carbocycles. The van der Waals surface area contributed by atoms with Crippen LogP contribution < -0.4 is 10.1 Å². The Morgan fingerprint density at radius 3 is 2.56 bits per heavy atom. The molecule has 0 spiro atoms. The number of amides is 2. The Labute approximate surface area is 157 Å². The number of carbonyl (C=O) groups excluding carboxylic acids is 2. The second-order valence-electron chi connectivity index (χ2n) is 6.35. The summed E-state index contributed by atoms with van der Waals surface area (Å²) in [4.78, 5) is 25.6. The van der Waals surface area contributed by atoms with Gasteiger partial charge in [0, 0.05) is 25.1 Å². The maximum absolute atomic E-state index is 13.0. The Kier molecular flexibility index (Phi) is 5.86. The lowest BCUT2D eigenvalue weighted by molar-refractivity contribution is -0.116. The molecule has 0 bridgehead atoms. The molecule has 2 aromatic carbocycles. The molecule has 0 aromatic heterocycles. The smallest absolute Gasteiger partial charge is 0.253 e. The van der Waals surface area contributed by atoms with E-state index in [0.29, 0.717) is 30.9 Å². The van der Waals surface area contributed by atoms with Crippen molar-refractivity contribution in [3.63, 3.8) is 0 Å². The molecule has 1 aliphatic rings. The molecule has 1 N–H and O–H groups in total. The number of likely N-dealkylation sites (tertiary alicyclic amines) is 1. The van der Waals surface area contributed by atoms with E-state index in [2.05, 4.69) is 11.9 Å². The van der Waals surface area contributed by atoms with Gasteiger partial charge >= 0.3 is 0 Å². The third-order valence-corrected chi connectivity index (χ3v) is 4.40. The predicted molar refractivity (Wildman–Crippen MR) is 99.8 cm³/mol. The van der Waals surface area contributed by atoms with E-state index in [9.17, 15) is 14.0 Å². The van der Waals surface area contributed by atoms with Gasteiger partial charge in [-0.3, -0.25) is 9.59 Å². The van der Waals surface area contributed by atoms with Gasteiger partial charge in [-0.25, -0.2) is 4.39 Å². The van der Waals surface area contributed by atoms with Gasteiger partial charge in [-0.1, -0.05) is 18.7 Å². The molecule has 2 amide bonds. The van der Waals surface area contributed by atoms with Crippen molar-refractivity contribution in [2.45, 2.75) is 19.1 Å².